The summed E-state index contributed by atoms with van der Waals surface area (Å²) < 4.78 is 13.3. The highest BCUT2D eigenvalue weighted by Gasteiger charge is 2.50. The Hall–Kier alpha value is -6.65. The van der Waals surface area contributed by atoms with Crippen LogP contribution in [0.25, 0.3) is 44.1 Å². The highest BCUT2D eigenvalue weighted by Crippen LogP contribution is 2.47. The fourth-order valence-corrected chi connectivity index (χ4v) is 15.6. The summed E-state index contributed by atoms with van der Waals surface area (Å²) in [7, 11) is 2.23. The molecule has 0 aromatic carbocycles. The molecule has 4 aliphatic rings. The Morgan fingerprint density at radius 2 is 1.08 bits per heavy atom. The third kappa shape index (κ3) is 14.3. The molecule has 3 unspecified atom stereocenters. The van der Waals surface area contributed by atoms with Gasteiger partial charge in [-0.05, 0) is 171 Å². The molecule has 3 aliphatic carbocycles. The number of carbonyl (C=O) groups is 3. The molecule has 16 heteroatoms. The van der Waals surface area contributed by atoms with Crippen molar-refractivity contribution in [3.63, 3.8) is 0 Å². The number of nitrogens with zero attached hydrogens (tertiary/aromatic N) is 5. The van der Waals surface area contributed by atoms with Crippen molar-refractivity contribution < 1.29 is 23.9 Å². The number of hydrogen-bond acceptors (Lipinski definition) is 10. The molecule has 0 spiro atoms. The molecule has 0 radical (unpaired) electrons. The van der Waals surface area contributed by atoms with E-state index in [1.807, 2.05) is 42.9 Å². The van der Waals surface area contributed by atoms with Gasteiger partial charge >= 0.3 is 11.9 Å². The normalized spacial score (nSPS) is 18.7. The van der Waals surface area contributed by atoms with Crippen molar-refractivity contribution in [3.8, 4) is 0 Å². The van der Waals surface area contributed by atoms with Crippen LogP contribution < -0.4 is 10.6 Å². The van der Waals surface area contributed by atoms with Crippen LogP contribution in [0.1, 0.15) is 178 Å². The van der Waals surface area contributed by atoms with Crippen molar-refractivity contribution >= 4 is 70.2 Å². The topological polar surface area (TPSA) is 198 Å². The van der Waals surface area contributed by atoms with E-state index in [1.54, 1.807) is 33.3 Å². The molecule has 15 nitrogen and oxygen atoms in total. The van der Waals surface area contributed by atoms with Crippen molar-refractivity contribution in [2.24, 2.45) is 23.7 Å². The van der Waals surface area contributed by atoms with E-state index in [0.29, 0.717) is 29.2 Å². The fourth-order valence-electron chi connectivity index (χ4n) is 13.7. The number of nitrogens with one attached hydrogen (secondary N) is 5. The fraction of sp³-hybridized carbons (Fsp3) is 0.537. The lowest BCUT2D eigenvalue weighted by Gasteiger charge is -2.39. The van der Waals surface area contributed by atoms with Crippen molar-refractivity contribution in [2.75, 3.05) is 20.6 Å². The van der Waals surface area contributed by atoms with Crippen molar-refractivity contribution in [3.05, 3.63) is 121 Å². The number of carbonyl (C=O) groups excluding carboxylic acids is 3. The van der Waals surface area contributed by atoms with E-state index in [0.717, 1.165) is 77.1 Å². The first-order chi connectivity index (χ1) is 40.0. The largest absolute Gasteiger partial charge is 0.422 e. The van der Waals surface area contributed by atoms with E-state index in [-0.39, 0.29) is 17.7 Å². The lowest BCUT2D eigenvalue weighted by molar-refractivity contribution is -0.242. The minimum Gasteiger partial charge on any atom is -0.422 e. The predicted octanol–water partition coefficient (Wildman–Crippen LogP) is 14.8. The molecule has 8 aromatic rings. The van der Waals surface area contributed by atoms with Gasteiger partial charge in [0.25, 0.3) is 5.79 Å². The molecule has 3 atom stereocenters. The van der Waals surface area contributed by atoms with Gasteiger partial charge in [0.1, 0.15) is 22.6 Å². The van der Waals surface area contributed by atoms with Crippen molar-refractivity contribution in [2.45, 2.75) is 185 Å². The first kappa shape index (κ1) is 60.9. The van der Waals surface area contributed by atoms with Crippen LogP contribution in [-0.2, 0) is 23.9 Å². The third-order valence-electron chi connectivity index (χ3n) is 19.0. The van der Waals surface area contributed by atoms with E-state index in [2.05, 4.69) is 140 Å². The van der Waals surface area contributed by atoms with E-state index in [1.165, 1.54) is 98.9 Å². The smallest absolute Gasteiger partial charge is 0.324 e. The Bertz CT molecular complexity index is 3370. The van der Waals surface area contributed by atoms with E-state index < -0.39 is 31.9 Å². The number of cyclic esters (lactones) is 2. The maximum Gasteiger partial charge on any atom is 0.324 e. The monoisotopic (exact) mass is 1140 g/mol. The minimum absolute atomic E-state index is 0.129. The zero-order valence-corrected chi connectivity index (χ0v) is 51.9. The van der Waals surface area contributed by atoms with Gasteiger partial charge in [-0.2, -0.15) is 0 Å². The van der Waals surface area contributed by atoms with Crippen LogP contribution in [-0.4, -0.2) is 91.6 Å². The Labute approximate surface area is 492 Å². The van der Waals surface area contributed by atoms with Crippen LogP contribution >= 0.6 is 0 Å². The lowest BCUT2D eigenvalue weighted by atomic mass is 9.70. The summed E-state index contributed by atoms with van der Waals surface area (Å²) in [6.07, 6.45) is 36.2. The van der Waals surface area contributed by atoms with Crippen LogP contribution in [0.5, 0.6) is 0 Å². The lowest BCUT2D eigenvalue weighted by Crippen LogP contribution is -2.49. The molecule has 1 amide bonds. The average molecular weight is 1150 g/mol. The Kier molecular flexibility index (Phi) is 20.1. The molecule has 9 heterocycles. The number of hydrogen-bond donors (Lipinski definition) is 5. The maximum absolute atomic E-state index is 12.8. The molecular weight excluding hydrogens is 1050 g/mol. The molecule has 83 heavy (non-hydrogen) atoms. The molecule has 1 aliphatic heterocycles. The molecule has 0 bridgehead atoms. The molecule has 444 valence electrons. The van der Waals surface area contributed by atoms with Crippen LogP contribution in [0.4, 0.5) is 0 Å². The summed E-state index contributed by atoms with van der Waals surface area (Å²) >= 11 is 0. The molecule has 5 N–H and O–H groups in total. The maximum atomic E-state index is 12.8. The van der Waals surface area contributed by atoms with Gasteiger partial charge in [-0.25, -0.2) is 19.9 Å². The van der Waals surface area contributed by atoms with Crippen molar-refractivity contribution in [1.82, 2.24) is 49.8 Å². The van der Waals surface area contributed by atoms with Gasteiger partial charge in [-0.15, -0.1) is 0 Å². The number of aromatic amines is 3. The summed E-state index contributed by atoms with van der Waals surface area (Å²) in [5, 5.41) is 11.1. The number of ether oxygens (including phenoxy) is 2. The zero-order valence-electron chi connectivity index (χ0n) is 50.9. The number of H-pyrrole nitrogens is 3. The number of amides is 1. The SMILES string of the molecule is CC(C)(C)[Si](C)(C)n1ccc2cccnc21.CC1(C)OC(=O)C(C(c2c[nH]c3ncccc23)C2CCCCC2)C(=O)O1.CNC(=O)CC(c1c[nH]c2ncccc12)C1CCCCC1.CNCCC(c1c[nH]c2ncccc12)C1CCCCC1. The van der Waals surface area contributed by atoms with E-state index in [4.69, 9.17) is 9.47 Å². The van der Waals surface area contributed by atoms with Gasteiger partial charge < -0.3 is 39.3 Å². The molecule has 1 saturated heterocycles. The highest BCUT2D eigenvalue weighted by molar-refractivity contribution is 6.79. The molecule has 4 fully saturated rings. The van der Waals surface area contributed by atoms with Gasteiger partial charge in [0.15, 0.2) is 14.2 Å². The van der Waals surface area contributed by atoms with Crippen LogP contribution in [0.2, 0.25) is 18.1 Å². The van der Waals surface area contributed by atoms with Gasteiger partial charge in [0.05, 0.1) is 0 Å². The quantitative estimate of drug-likeness (QED) is 0.0421. The summed E-state index contributed by atoms with van der Waals surface area (Å²) in [5.41, 5.74) is 7.55. The molecule has 8 aromatic heterocycles. The summed E-state index contributed by atoms with van der Waals surface area (Å²) in [5.74, 6) is -0.577. The van der Waals surface area contributed by atoms with E-state index >= 15 is 0 Å². The first-order valence-corrected chi connectivity index (χ1v) is 33.9. The molecular formula is C67H92N10O5Si. The van der Waals surface area contributed by atoms with Crippen LogP contribution in [0, 0.1) is 23.7 Å². The third-order valence-corrected chi connectivity index (χ3v) is 24.3. The molecule has 12 rings (SSSR count). The Balaban J connectivity index is 0.000000135. The summed E-state index contributed by atoms with van der Waals surface area (Å²) in [4.78, 5) is 65.0. The number of rotatable bonds is 13. The predicted molar refractivity (Wildman–Crippen MR) is 336 cm³/mol. The number of aromatic nitrogens is 8. The Morgan fingerprint density at radius 3 is 1.58 bits per heavy atom. The van der Waals surface area contributed by atoms with Gasteiger partial charge in [0, 0.05) is 98.2 Å². The van der Waals surface area contributed by atoms with E-state index in [9.17, 15) is 14.4 Å². The second-order valence-electron chi connectivity index (χ2n) is 25.8. The number of fused-ring (bicyclic) bond motifs is 4. The Morgan fingerprint density at radius 1 is 0.639 bits per heavy atom. The zero-order chi connectivity index (χ0) is 58.7. The van der Waals surface area contributed by atoms with Crippen LogP contribution in [0.15, 0.2) is 104 Å². The average Bonchev–Trinajstić information content (AvgIpc) is 4.41. The van der Waals surface area contributed by atoms with Gasteiger partial charge in [-0.1, -0.05) is 91.7 Å². The van der Waals surface area contributed by atoms with Gasteiger partial charge in [0.2, 0.25) is 5.91 Å². The van der Waals surface area contributed by atoms with Gasteiger partial charge in [-0.3, -0.25) is 14.4 Å². The summed E-state index contributed by atoms with van der Waals surface area (Å²) in [6.45, 7) is 16.1. The number of esters is 2. The standard InChI is InChI=1S/C20H24N2O4.C17H23N3O.C17H25N3.C13H20N2Si/c1-20(2)25-18(23)16(19(24)26-20)15(12-7-4-3-5-8-12)14-11-22-17-13(14)9-6-10-21-17;1-18-16(21)10-14(12-6-3-2-4-7-12)15-11-20-17-13(15)8-5-9-19-17;1-18-11-9-14(13-6-3-2-4-7-13)16-12-20-17-15(16)8-5-10-19-17;1-13(2,3)16(4,5)15-10-8-11-7-6-9-14-12(11)15/h6,9-12,15-16H,3-5,7-8H2,1-2H3,(H,21,22);5,8-9,11-12,14H,2-4,6-7,10H2,1H3,(H,18,21)(H,19,20);5,8,10,12-14,18H,2-4,6-7,9,11H2,1H3,(H,19,20);6-10H,1-5H3. The highest BCUT2D eigenvalue weighted by atomic mass is 28.3. The second kappa shape index (κ2) is 27.4. The second-order valence-corrected chi connectivity index (χ2v) is 30.9. The summed E-state index contributed by atoms with van der Waals surface area (Å²) in [6, 6.07) is 18.5. The minimum atomic E-state index is -1.54. The van der Waals surface area contributed by atoms with Crippen LogP contribution in [0.3, 0.4) is 0 Å². The van der Waals surface area contributed by atoms with Crippen molar-refractivity contribution in [1.29, 1.82) is 0 Å². The first-order valence-electron chi connectivity index (χ1n) is 31.0. The molecule has 3 saturated carbocycles. The number of pyridine rings is 4.